The summed E-state index contributed by atoms with van der Waals surface area (Å²) in [5.74, 6) is 1.17. The predicted molar refractivity (Wildman–Crippen MR) is 71.8 cm³/mol. The highest BCUT2D eigenvalue weighted by Gasteiger charge is 2.11. The first-order chi connectivity index (χ1) is 7.56. The van der Waals surface area contributed by atoms with Gasteiger partial charge in [-0.3, -0.25) is 0 Å². The van der Waals surface area contributed by atoms with Crippen LogP contribution in [0.2, 0.25) is 0 Å². The number of nitrogens with one attached hydrogen (secondary N) is 1. The molecule has 2 nitrogen and oxygen atoms in total. The zero-order chi connectivity index (χ0) is 12.1. The first-order valence-electron chi connectivity index (χ1n) is 6.06. The molecule has 90 valence electrons. The molecule has 0 amide bonds. The molecular weight excluding hydrogens is 196 g/mol. The third-order valence-corrected chi connectivity index (χ3v) is 3.27. The molecule has 0 fully saturated rings. The third kappa shape index (κ3) is 3.24. The molecular formula is C14H24N2. The molecule has 0 saturated heterocycles. The van der Waals surface area contributed by atoms with Gasteiger partial charge in [0.2, 0.25) is 0 Å². The van der Waals surface area contributed by atoms with Crippen molar-refractivity contribution >= 4 is 5.69 Å². The van der Waals surface area contributed by atoms with Crippen molar-refractivity contribution in [1.29, 1.82) is 0 Å². The quantitative estimate of drug-likeness (QED) is 0.800. The highest BCUT2D eigenvalue weighted by molar-refractivity contribution is 5.56. The number of benzene rings is 1. The molecule has 3 N–H and O–H groups in total. The van der Waals surface area contributed by atoms with Crippen LogP contribution in [-0.4, -0.2) is 13.1 Å². The van der Waals surface area contributed by atoms with Crippen LogP contribution in [0.5, 0.6) is 0 Å². The summed E-state index contributed by atoms with van der Waals surface area (Å²) >= 11 is 0. The molecule has 1 atom stereocenters. The molecule has 0 aliphatic rings. The van der Waals surface area contributed by atoms with Crippen LogP contribution in [0.25, 0.3) is 0 Å². The molecule has 0 aliphatic carbocycles. The fourth-order valence-corrected chi connectivity index (χ4v) is 1.92. The summed E-state index contributed by atoms with van der Waals surface area (Å²) in [5.41, 5.74) is 9.65. The summed E-state index contributed by atoms with van der Waals surface area (Å²) in [6.45, 7) is 10.4. The van der Waals surface area contributed by atoms with E-state index in [0.29, 0.717) is 11.8 Å². The molecule has 0 spiro atoms. The molecule has 0 heterocycles. The van der Waals surface area contributed by atoms with E-state index in [1.165, 1.54) is 16.8 Å². The average molecular weight is 220 g/mol. The molecule has 0 bridgehead atoms. The first kappa shape index (κ1) is 13.0. The second-order valence-electron chi connectivity index (χ2n) is 4.89. The predicted octanol–water partition coefficient (Wildman–Crippen LogP) is 2.95. The van der Waals surface area contributed by atoms with E-state index in [1.807, 2.05) is 0 Å². The second-order valence-corrected chi connectivity index (χ2v) is 4.89. The Balaban J connectivity index is 2.67. The van der Waals surface area contributed by atoms with Crippen LogP contribution >= 0.6 is 0 Å². The van der Waals surface area contributed by atoms with E-state index >= 15 is 0 Å². The molecule has 1 aromatic carbocycles. The topological polar surface area (TPSA) is 38.0 Å². The summed E-state index contributed by atoms with van der Waals surface area (Å²) in [7, 11) is 0. The summed E-state index contributed by atoms with van der Waals surface area (Å²) in [4.78, 5) is 0. The van der Waals surface area contributed by atoms with Crippen LogP contribution in [0, 0.1) is 25.7 Å². The summed E-state index contributed by atoms with van der Waals surface area (Å²) in [6, 6.07) is 6.38. The van der Waals surface area contributed by atoms with Crippen molar-refractivity contribution in [2.75, 3.05) is 18.4 Å². The lowest BCUT2D eigenvalue weighted by Gasteiger charge is -2.21. The lowest BCUT2D eigenvalue weighted by Crippen LogP contribution is -2.27. The minimum atomic E-state index is 0.541. The Kier molecular flexibility index (Phi) is 4.81. The van der Waals surface area contributed by atoms with E-state index in [4.69, 9.17) is 5.73 Å². The number of para-hydroxylation sites is 1. The van der Waals surface area contributed by atoms with Crippen LogP contribution in [0.4, 0.5) is 5.69 Å². The fraction of sp³-hybridized carbons (Fsp3) is 0.571. The second kappa shape index (κ2) is 5.90. The number of hydrogen-bond donors (Lipinski definition) is 2. The lowest BCUT2D eigenvalue weighted by molar-refractivity contribution is 0.413. The number of aryl methyl sites for hydroxylation is 2. The Morgan fingerprint density at radius 1 is 1.19 bits per heavy atom. The van der Waals surface area contributed by atoms with E-state index in [2.05, 4.69) is 51.2 Å². The molecule has 0 aromatic heterocycles. The molecule has 0 aliphatic heterocycles. The van der Waals surface area contributed by atoms with Crippen LogP contribution in [0.3, 0.4) is 0 Å². The van der Waals surface area contributed by atoms with Crippen molar-refractivity contribution in [1.82, 2.24) is 0 Å². The maximum Gasteiger partial charge on any atom is 0.0399 e. The standard InChI is InChI=1S/C14H24N2/c1-10(2)13(8-15)9-16-14-11(3)6-5-7-12(14)4/h5-7,10,13,16H,8-9,15H2,1-4H3. The summed E-state index contributed by atoms with van der Waals surface area (Å²) in [5, 5.41) is 3.53. The highest BCUT2D eigenvalue weighted by atomic mass is 14.9. The minimum absolute atomic E-state index is 0.541. The Morgan fingerprint density at radius 3 is 2.19 bits per heavy atom. The van der Waals surface area contributed by atoms with Crippen molar-refractivity contribution < 1.29 is 0 Å². The van der Waals surface area contributed by atoms with Gasteiger partial charge in [0.15, 0.2) is 0 Å². The van der Waals surface area contributed by atoms with Gasteiger partial charge in [0, 0.05) is 12.2 Å². The van der Waals surface area contributed by atoms with Gasteiger partial charge in [-0.1, -0.05) is 32.0 Å². The molecule has 16 heavy (non-hydrogen) atoms. The van der Waals surface area contributed by atoms with Crippen molar-refractivity contribution in [2.24, 2.45) is 17.6 Å². The van der Waals surface area contributed by atoms with Crippen molar-refractivity contribution in [3.8, 4) is 0 Å². The Labute approximate surface area is 99.2 Å². The van der Waals surface area contributed by atoms with Gasteiger partial charge in [0.05, 0.1) is 0 Å². The SMILES string of the molecule is Cc1cccc(C)c1NCC(CN)C(C)C. The monoisotopic (exact) mass is 220 g/mol. The molecule has 1 rings (SSSR count). The highest BCUT2D eigenvalue weighted by Crippen LogP contribution is 2.20. The Hall–Kier alpha value is -1.02. The zero-order valence-electron chi connectivity index (χ0n) is 10.9. The molecule has 1 unspecified atom stereocenters. The van der Waals surface area contributed by atoms with Gasteiger partial charge in [0.1, 0.15) is 0 Å². The van der Waals surface area contributed by atoms with Gasteiger partial charge in [-0.2, -0.15) is 0 Å². The van der Waals surface area contributed by atoms with Crippen LogP contribution < -0.4 is 11.1 Å². The van der Waals surface area contributed by atoms with Crippen LogP contribution in [-0.2, 0) is 0 Å². The molecule has 2 heteroatoms. The minimum Gasteiger partial charge on any atom is -0.384 e. The van der Waals surface area contributed by atoms with E-state index in [0.717, 1.165) is 13.1 Å². The lowest BCUT2D eigenvalue weighted by atomic mass is 9.95. The van der Waals surface area contributed by atoms with Crippen LogP contribution in [0.1, 0.15) is 25.0 Å². The smallest absolute Gasteiger partial charge is 0.0399 e. The largest absolute Gasteiger partial charge is 0.384 e. The maximum absolute atomic E-state index is 5.77. The Bertz CT molecular complexity index is 311. The Morgan fingerprint density at radius 2 is 1.75 bits per heavy atom. The van der Waals surface area contributed by atoms with E-state index in [9.17, 15) is 0 Å². The van der Waals surface area contributed by atoms with Crippen molar-refractivity contribution in [3.05, 3.63) is 29.3 Å². The van der Waals surface area contributed by atoms with Crippen LogP contribution in [0.15, 0.2) is 18.2 Å². The van der Waals surface area contributed by atoms with Crippen molar-refractivity contribution in [2.45, 2.75) is 27.7 Å². The van der Waals surface area contributed by atoms with Gasteiger partial charge in [-0.05, 0) is 43.4 Å². The summed E-state index contributed by atoms with van der Waals surface area (Å²) in [6.07, 6.45) is 0. The zero-order valence-corrected chi connectivity index (χ0v) is 10.9. The summed E-state index contributed by atoms with van der Waals surface area (Å²) < 4.78 is 0. The van der Waals surface area contributed by atoms with E-state index in [1.54, 1.807) is 0 Å². The van der Waals surface area contributed by atoms with Gasteiger partial charge in [0.25, 0.3) is 0 Å². The van der Waals surface area contributed by atoms with Gasteiger partial charge >= 0.3 is 0 Å². The average Bonchev–Trinajstić information content (AvgIpc) is 2.22. The van der Waals surface area contributed by atoms with E-state index < -0.39 is 0 Å². The van der Waals surface area contributed by atoms with Crippen molar-refractivity contribution in [3.63, 3.8) is 0 Å². The van der Waals surface area contributed by atoms with Gasteiger partial charge in [-0.15, -0.1) is 0 Å². The molecule has 1 aromatic rings. The van der Waals surface area contributed by atoms with Gasteiger partial charge < -0.3 is 11.1 Å². The first-order valence-corrected chi connectivity index (χ1v) is 6.06. The number of nitrogens with two attached hydrogens (primary N) is 1. The fourth-order valence-electron chi connectivity index (χ4n) is 1.92. The third-order valence-electron chi connectivity index (χ3n) is 3.27. The number of rotatable bonds is 5. The van der Waals surface area contributed by atoms with Gasteiger partial charge in [-0.25, -0.2) is 0 Å². The molecule has 0 radical (unpaired) electrons. The number of hydrogen-bond acceptors (Lipinski definition) is 2. The number of anilines is 1. The van der Waals surface area contributed by atoms with E-state index in [-0.39, 0.29) is 0 Å². The normalized spacial score (nSPS) is 12.9. The molecule has 0 saturated carbocycles. The maximum atomic E-state index is 5.77.